The summed E-state index contributed by atoms with van der Waals surface area (Å²) in [5, 5.41) is 14.7. The lowest BCUT2D eigenvalue weighted by Gasteiger charge is -2.39. The van der Waals surface area contributed by atoms with Gasteiger partial charge in [0.15, 0.2) is 0 Å². The molecule has 1 aromatic carbocycles. The number of carbonyl (C=O) groups excluding carboxylic acids is 1. The van der Waals surface area contributed by atoms with Gasteiger partial charge >= 0.3 is 12.0 Å². The molecule has 0 saturated heterocycles. The van der Waals surface area contributed by atoms with Crippen molar-refractivity contribution >= 4 is 12.0 Å². The number of benzene rings is 1. The highest BCUT2D eigenvalue weighted by Crippen LogP contribution is 2.30. The number of hydrogen-bond acceptors (Lipinski definition) is 2. The molecule has 1 aromatic rings. The maximum Gasteiger partial charge on any atom is 0.335 e. The summed E-state index contributed by atoms with van der Waals surface area (Å²) in [6, 6.07) is 6.62. The average Bonchev–Trinajstić information content (AvgIpc) is 2.37. The molecule has 1 aliphatic rings. The van der Waals surface area contributed by atoms with Gasteiger partial charge in [-0.3, -0.25) is 0 Å². The minimum Gasteiger partial charge on any atom is -0.478 e. The summed E-state index contributed by atoms with van der Waals surface area (Å²) < 4.78 is 0. The molecule has 0 unspecified atom stereocenters. The van der Waals surface area contributed by atoms with Crippen LogP contribution in [-0.4, -0.2) is 29.2 Å². The molecule has 0 radical (unpaired) electrons. The van der Waals surface area contributed by atoms with Crippen molar-refractivity contribution < 1.29 is 14.7 Å². The predicted molar refractivity (Wildman–Crippen MR) is 75.9 cm³/mol. The van der Waals surface area contributed by atoms with E-state index in [-0.39, 0.29) is 17.1 Å². The average molecular weight is 276 g/mol. The first kappa shape index (κ1) is 14.4. The van der Waals surface area contributed by atoms with Crippen LogP contribution in [0.4, 0.5) is 4.79 Å². The quantitative estimate of drug-likeness (QED) is 0.771. The molecule has 0 bridgehead atoms. The van der Waals surface area contributed by atoms with Crippen LogP contribution < -0.4 is 10.6 Å². The molecule has 2 rings (SSSR count). The van der Waals surface area contributed by atoms with E-state index >= 15 is 0 Å². The first-order valence-corrected chi connectivity index (χ1v) is 6.87. The molecular formula is C15H20N2O3. The fourth-order valence-corrected chi connectivity index (χ4v) is 2.33. The highest BCUT2D eigenvalue weighted by Gasteiger charge is 2.32. The molecule has 5 nitrogen and oxygen atoms in total. The topological polar surface area (TPSA) is 78.4 Å². The molecule has 1 aliphatic carbocycles. The molecule has 20 heavy (non-hydrogen) atoms. The fraction of sp³-hybridized carbons (Fsp3) is 0.467. The Morgan fingerprint density at radius 3 is 2.70 bits per heavy atom. The molecule has 0 atom stereocenters. The van der Waals surface area contributed by atoms with E-state index in [2.05, 4.69) is 10.6 Å². The summed E-state index contributed by atoms with van der Waals surface area (Å²) in [4.78, 5) is 22.6. The number of rotatable bonds is 5. The van der Waals surface area contributed by atoms with Crippen LogP contribution in [-0.2, 0) is 6.42 Å². The standard InChI is InChI=1S/C15H20N2O3/c1-15(7-3-8-15)17-14(20)16-9-6-11-4-2-5-12(10-11)13(18)19/h2,4-5,10H,3,6-9H2,1H3,(H,18,19)(H2,16,17,20). The van der Waals surface area contributed by atoms with Gasteiger partial charge in [0.05, 0.1) is 5.56 Å². The maximum absolute atomic E-state index is 11.7. The van der Waals surface area contributed by atoms with Gasteiger partial charge in [0.25, 0.3) is 0 Å². The third kappa shape index (κ3) is 3.73. The zero-order valence-electron chi connectivity index (χ0n) is 11.6. The van der Waals surface area contributed by atoms with Gasteiger partial charge < -0.3 is 15.7 Å². The number of nitrogens with one attached hydrogen (secondary N) is 2. The largest absolute Gasteiger partial charge is 0.478 e. The van der Waals surface area contributed by atoms with Crippen LogP contribution >= 0.6 is 0 Å². The highest BCUT2D eigenvalue weighted by atomic mass is 16.4. The summed E-state index contributed by atoms with van der Waals surface area (Å²) in [6.07, 6.45) is 3.84. The lowest BCUT2D eigenvalue weighted by atomic mass is 9.79. The second-order valence-electron chi connectivity index (χ2n) is 5.55. The number of urea groups is 1. The number of hydrogen-bond donors (Lipinski definition) is 3. The molecule has 5 heteroatoms. The minimum absolute atomic E-state index is 0.0483. The van der Waals surface area contributed by atoms with Crippen LogP contribution in [0.25, 0.3) is 0 Å². The van der Waals surface area contributed by atoms with Gasteiger partial charge in [-0.25, -0.2) is 9.59 Å². The molecule has 108 valence electrons. The maximum atomic E-state index is 11.7. The Morgan fingerprint density at radius 2 is 2.10 bits per heavy atom. The molecule has 3 N–H and O–H groups in total. The van der Waals surface area contributed by atoms with Crippen molar-refractivity contribution in [3.63, 3.8) is 0 Å². The third-order valence-electron chi connectivity index (χ3n) is 3.75. The number of amides is 2. The minimum atomic E-state index is -0.935. The van der Waals surface area contributed by atoms with Crippen LogP contribution in [0.5, 0.6) is 0 Å². The molecule has 0 spiro atoms. The summed E-state index contributed by atoms with van der Waals surface area (Å²) in [5.41, 5.74) is 1.13. The molecule has 1 saturated carbocycles. The van der Waals surface area contributed by atoms with Crippen molar-refractivity contribution in [1.29, 1.82) is 0 Å². The zero-order valence-corrected chi connectivity index (χ0v) is 11.6. The number of carbonyl (C=O) groups is 2. The van der Waals surface area contributed by atoms with Crippen molar-refractivity contribution in [2.24, 2.45) is 0 Å². The Balaban J connectivity index is 1.76. The lowest BCUT2D eigenvalue weighted by molar-refractivity contribution is 0.0696. The molecule has 1 fully saturated rings. The van der Waals surface area contributed by atoms with Crippen molar-refractivity contribution in [3.05, 3.63) is 35.4 Å². The van der Waals surface area contributed by atoms with Gasteiger partial charge in [-0.05, 0) is 50.3 Å². The van der Waals surface area contributed by atoms with Crippen LogP contribution in [0.15, 0.2) is 24.3 Å². The van der Waals surface area contributed by atoms with E-state index in [9.17, 15) is 9.59 Å². The first-order valence-electron chi connectivity index (χ1n) is 6.87. The van der Waals surface area contributed by atoms with E-state index in [4.69, 9.17) is 5.11 Å². The zero-order chi connectivity index (χ0) is 14.6. The van der Waals surface area contributed by atoms with E-state index in [1.54, 1.807) is 18.2 Å². The second kappa shape index (κ2) is 5.94. The van der Waals surface area contributed by atoms with E-state index in [0.717, 1.165) is 18.4 Å². The molecule has 0 aliphatic heterocycles. The Labute approximate surface area is 118 Å². The predicted octanol–water partition coefficient (Wildman–Crippen LogP) is 2.17. The number of carboxylic acid groups (broad SMARTS) is 1. The van der Waals surface area contributed by atoms with E-state index in [1.165, 1.54) is 6.42 Å². The van der Waals surface area contributed by atoms with Crippen LogP contribution in [0.1, 0.15) is 42.1 Å². The Morgan fingerprint density at radius 1 is 1.35 bits per heavy atom. The Bertz CT molecular complexity index is 510. The molecule has 0 heterocycles. The van der Waals surface area contributed by atoms with E-state index < -0.39 is 5.97 Å². The number of carboxylic acids is 1. The van der Waals surface area contributed by atoms with Crippen molar-refractivity contribution in [2.45, 2.75) is 38.1 Å². The molecule has 0 aromatic heterocycles. The number of aromatic carboxylic acids is 1. The second-order valence-corrected chi connectivity index (χ2v) is 5.55. The van der Waals surface area contributed by atoms with Crippen molar-refractivity contribution in [1.82, 2.24) is 10.6 Å². The van der Waals surface area contributed by atoms with Gasteiger partial charge in [0, 0.05) is 12.1 Å². The summed E-state index contributed by atoms with van der Waals surface area (Å²) in [6.45, 7) is 2.54. The van der Waals surface area contributed by atoms with Crippen molar-refractivity contribution in [3.8, 4) is 0 Å². The monoisotopic (exact) mass is 276 g/mol. The highest BCUT2D eigenvalue weighted by molar-refractivity contribution is 5.87. The van der Waals surface area contributed by atoms with Crippen molar-refractivity contribution in [2.75, 3.05) is 6.54 Å². The molecular weight excluding hydrogens is 256 g/mol. The third-order valence-corrected chi connectivity index (χ3v) is 3.75. The molecule has 2 amide bonds. The van der Waals surface area contributed by atoms with Gasteiger partial charge in [-0.2, -0.15) is 0 Å². The normalized spacial score (nSPS) is 16.1. The van der Waals surface area contributed by atoms with E-state index in [1.807, 2.05) is 13.0 Å². The first-order chi connectivity index (χ1) is 9.48. The Hall–Kier alpha value is -2.04. The lowest BCUT2D eigenvalue weighted by Crippen LogP contribution is -2.54. The van der Waals surface area contributed by atoms with Crippen LogP contribution in [0, 0.1) is 0 Å². The van der Waals surface area contributed by atoms with Crippen LogP contribution in [0.3, 0.4) is 0 Å². The summed E-state index contributed by atoms with van der Waals surface area (Å²) >= 11 is 0. The summed E-state index contributed by atoms with van der Waals surface area (Å²) in [5.74, 6) is -0.935. The van der Waals surface area contributed by atoms with Gasteiger partial charge in [0.2, 0.25) is 0 Å². The van der Waals surface area contributed by atoms with Gasteiger partial charge in [-0.15, -0.1) is 0 Å². The van der Waals surface area contributed by atoms with Gasteiger partial charge in [-0.1, -0.05) is 12.1 Å². The van der Waals surface area contributed by atoms with E-state index in [0.29, 0.717) is 13.0 Å². The Kier molecular flexibility index (Phi) is 4.27. The SMILES string of the molecule is CC1(NC(=O)NCCc2cccc(C(=O)O)c2)CCC1. The fourth-order valence-electron chi connectivity index (χ4n) is 2.33. The van der Waals surface area contributed by atoms with Crippen LogP contribution in [0.2, 0.25) is 0 Å². The summed E-state index contributed by atoms with van der Waals surface area (Å²) in [7, 11) is 0. The van der Waals surface area contributed by atoms with Gasteiger partial charge in [0.1, 0.15) is 0 Å². The smallest absolute Gasteiger partial charge is 0.335 e.